The van der Waals surface area contributed by atoms with Crippen LogP contribution in [0.25, 0.3) is 0 Å². The molecule has 2 saturated heterocycles. The van der Waals surface area contributed by atoms with Crippen molar-refractivity contribution in [2.24, 2.45) is 10.9 Å². The highest BCUT2D eigenvalue weighted by Crippen LogP contribution is 2.17. The summed E-state index contributed by atoms with van der Waals surface area (Å²) in [6, 6.07) is 0. The zero-order chi connectivity index (χ0) is 19.3. The highest BCUT2D eigenvalue weighted by molar-refractivity contribution is 5.79. The van der Waals surface area contributed by atoms with E-state index in [0.29, 0.717) is 11.8 Å². The van der Waals surface area contributed by atoms with Crippen molar-refractivity contribution >= 4 is 11.9 Å². The summed E-state index contributed by atoms with van der Waals surface area (Å²) >= 11 is 0. The molecule has 0 aromatic heterocycles. The fourth-order valence-electron chi connectivity index (χ4n) is 4.02. The van der Waals surface area contributed by atoms with Gasteiger partial charge in [-0.3, -0.25) is 9.79 Å². The van der Waals surface area contributed by atoms with Crippen LogP contribution in [0.15, 0.2) is 4.99 Å². The van der Waals surface area contributed by atoms with Crippen molar-refractivity contribution in [1.29, 1.82) is 0 Å². The lowest BCUT2D eigenvalue weighted by Crippen LogP contribution is -2.40. The Hall–Kier alpha value is -1.30. The van der Waals surface area contributed by atoms with Crippen LogP contribution < -0.4 is 10.6 Å². The maximum Gasteiger partial charge on any atom is 0.222 e. The minimum Gasteiger partial charge on any atom is -0.357 e. The van der Waals surface area contributed by atoms with Crippen molar-refractivity contribution in [3.8, 4) is 0 Å². The van der Waals surface area contributed by atoms with Gasteiger partial charge in [-0.05, 0) is 71.0 Å². The zero-order valence-electron chi connectivity index (χ0n) is 17.6. The highest BCUT2D eigenvalue weighted by atomic mass is 16.2. The first-order valence-corrected chi connectivity index (χ1v) is 11.2. The minimum absolute atomic E-state index is 0.336. The highest BCUT2D eigenvalue weighted by Gasteiger charge is 2.18. The molecule has 0 bridgehead atoms. The van der Waals surface area contributed by atoms with Gasteiger partial charge < -0.3 is 20.4 Å². The van der Waals surface area contributed by atoms with Gasteiger partial charge >= 0.3 is 0 Å². The van der Waals surface area contributed by atoms with Gasteiger partial charge in [0.1, 0.15) is 0 Å². The average molecular weight is 380 g/mol. The van der Waals surface area contributed by atoms with E-state index < -0.39 is 0 Å². The summed E-state index contributed by atoms with van der Waals surface area (Å²) in [5.41, 5.74) is 0. The lowest BCUT2D eigenvalue weighted by molar-refractivity contribution is -0.130. The van der Waals surface area contributed by atoms with Gasteiger partial charge in [-0.2, -0.15) is 0 Å². The number of nitrogens with one attached hydrogen (secondary N) is 2. The Kier molecular flexibility index (Phi) is 10.6. The maximum atomic E-state index is 12.1. The summed E-state index contributed by atoms with van der Waals surface area (Å²) in [5.74, 6) is 1.97. The molecule has 0 radical (unpaired) electrons. The number of hydrogen-bond acceptors (Lipinski definition) is 3. The first-order valence-electron chi connectivity index (χ1n) is 11.2. The van der Waals surface area contributed by atoms with E-state index in [1.165, 1.54) is 45.3 Å². The summed E-state index contributed by atoms with van der Waals surface area (Å²) in [6.07, 6.45) is 8.89. The standard InChI is InChI=1S/C21H41N5O/c1-3-13-25-16-10-19(11-17-25)18-24-21(22-4-2)23-12-8-15-26-14-7-5-6-9-20(26)27/h19H,3-18H2,1-2H3,(H2,22,23,24). The molecule has 27 heavy (non-hydrogen) atoms. The summed E-state index contributed by atoms with van der Waals surface area (Å²) in [6.45, 7) is 12.5. The number of aliphatic imine (C=N–C) groups is 1. The van der Waals surface area contributed by atoms with Gasteiger partial charge in [0.25, 0.3) is 0 Å². The molecule has 0 spiro atoms. The monoisotopic (exact) mass is 379 g/mol. The maximum absolute atomic E-state index is 12.1. The van der Waals surface area contributed by atoms with E-state index in [9.17, 15) is 4.79 Å². The van der Waals surface area contributed by atoms with E-state index in [1.54, 1.807) is 0 Å². The molecule has 156 valence electrons. The van der Waals surface area contributed by atoms with Crippen LogP contribution in [0.3, 0.4) is 0 Å². The largest absolute Gasteiger partial charge is 0.357 e. The van der Waals surface area contributed by atoms with E-state index in [4.69, 9.17) is 4.99 Å². The van der Waals surface area contributed by atoms with Crippen LogP contribution >= 0.6 is 0 Å². The van der Waals surface area contributed by atoms with Crippen LogP contribution in [0.4, 0.5) is 0 Å². The fourth-order valence-corrected chi connectivity index (χ4v) is 4.02. The first-order chi connectivity index (χ1) is 13.2. The summed E-state index contributed by atoms with van der Waals surface area (Å²) in [4.78, 5) is 21.5. The van der Waals surface area contributed by atoms with E-state index in [0.717, 1.165) is 64.4 Å². The van der Waals surface area contributed by atoms with Gasteiger partial charge in [0.2, 0.25) is 5.91 Å². The predicted octanol–water partition coefficient (Wildman–Crippen LogP) is 2.46. The fraction of sp³-hybridized carbons (Fsp3) is 0.905. The van der Waals surface area contributed by atoms with Crippen molar-refractivity contribution in [1.82, 2.24) is 20.4 Å². The average Bonchev–Trinajstić information content (AvgIpc) is 2.88. The first kappa shape index (κ1) is 22.0. The smallest absolute Gasteiger partial charge is 0.222 e. The number of guanidine groups is 1. The Labute approximate surface area is 166 Å². The number of carbonyl (C=O) groups is 1. The second-order valence-electron chi connectivity index (χ2n) is 7.98. The summed E-state index contributed by atoms with van der Waals surface area (Å²) < 4.78 is 0. The van der Waals surface area contributed by atoms with E-state index in [-0.39, 0.29) is 0 Å². The summed E-state index contributed by atoms with van der Waals surface area (Å²) in [5, 5.41) is 6.81. The number of hydrogen-bond donors (Lipinski definition) is 2. The topological polar surface area (TPSA) is 60.0 Å². The van der Waals surface area contributed by atoms with Gasteiger partial charge in [-0.25, -0.2) is 0 Å². The zero-order valence-corrected chi connectivity index (χ0v) is 17.6. The molecule has 0 aromatic carbocycles. The lowest BCUT2D eigenvalue weighted by Gasteiger charge is -2.31. The molecule has 6 heteroatoms. The van der Waals surface area contributed by atoms with Crippen LogP contribution in [0.5, 0.6) is 0 Å². The molecule has 2 aliphatic heterocycles. The van der Waals surface area contributed by atoms with Crippen molar-refractivity contribution in [3.05, 3.63) is 0 Å². The Morgan fingerprint density at radius 3 is 2.63 bits per heavy atom. The molecular weight excluding hydrogens is 338 g/mol. The van der Waals surface area contributed by atoms with Crippen LogP contribution in [0, 0.1) is 5.92 Å². The molecule has 0 unspecified atom stereocenters. The van der Waals surface area contributed by atoms with E-state index >= 15 is 0 Å². The molecule has 6 nitrogen and oxygen atoms in total. The van der Waals surface area contributed by atoms with Gasteiger partial charge in [-0.1, -0.05) is 13.3 Å². The molecule has 1 amide bonds. The van der Waals surface area contributed by atoms with Crippen molar-refractivity contribution in [2.45, 2.75) is 65.2 Å². The Morgan fingerprint density at radius 1 is 1.07 bits per heavy atom. The van der Waals surface area contributed by atoms with Crippen molar-refractivity contribution in [3.63, 3.8) is 0 Å². The third-order valence-electron chi connectivity index (χ3n) is 5.67. The molecule has 2 rings (SSSR count). The lowest BCUT2D eigenvalue weighted by atomic mass is 9.97. The molecular formula is C21H41N5O. The number of likely N-dealkylation sites (tertiary alicyclic amines) is 2. The van der Waals surface area contributed by atoms with Crippen LogP contribution in [-0.2, 0) is 4.79 Å². The molecule has 2 aliphatic rings. The van der Waals surface area contributed by atoms with Gasteiger partial charge in [0.15, 0.2) is 5.96 Å². The van der Waals surface area contributed by atoms with Crippen molar-refractivity contribution in [2.75, 3.05) is 52.4 Å². The Morgan fingerprint density at radius 2 is 1.89 bits per heavy atom. The quantitative estimate of drug-likeness (QED) is 0.367. The Bertz CT molecular complexity index is 446. The third-order valence-corrected chi connectivity index (χ3v) is 5.67. The number of rotatable bonds is 9. The number of piperidine rings is 1. The Balaban J connectivity index is 1.66. The van der Waals surface area contributed by atoms with Crippen LogP contribution in [0.2, 0.25) is 0 Å². The van der Waals surface area contributed by atoms with E-state index in [1.807, 2.05) is 4.90 Å². The van der Waals surface area contributed by atoms with Crippen LogP contribution in [0.1, 0.15) is 65.2 Å². The molecule has 2 N–H and O–H groups in total. The normalized spacial score (nSPS) is 20.6. The van der Waals surface area contributed by atoms with E-state index in [2.05, 4.69) is 29.4 Å². The number of carbonyl (C=O) groups excluding carboxylic acids is 1. The number of amides is 1. The second kappa shape index (κ2) is 13.0. The van der Waals surface area contributed by atoms with Gasteiger partial charge in [0.05, 0.1) is 0 Å². The van der Waals surface area contributed by atoms with Gasteiger partial charge in [0, 0.05) is 39.1 Å². The molecule has 2 fully saturated rings. The molecule has 2 heterocycles. The molecule has 0 saturated carbocycles. The van der Waals surface area contributed by atoms with Gasteiger partial charge in [-0.15, -0.1) is 0 Å². The molecule has 0 aromatic rings. The van der Waals surface area contributed by atoms with Crippen LogP contribution in [-0.4, -0.2) is 74.0 Å². The summed E-state index contributed by atoms with van der Waals surface area (Å²) in [7, 11) is 0. The third kappa shape index (κ3) is 8.50. The van der Waals surface area contributed by atoms with Crippen molar-refractivity contribution < 1.29 is 4.79 Å². The molecule has 0 aliphatic carbocycles. The molecule has 0 atom stereocenters. The SMILES string of the molecule is CCCN1CCC(CN=C(NCC)NCCCN2CCCCCC2=O)CC1. The number of nitrogens with zero attached hydrogens (tertiary/aromatic N) is 3. The second-order valence-corrected chi connectivity index (χ2v) is 7.98. The minimum atomic E-state index is 0.336. The predicted molar refractivity (Wildman–Crippen MR) is 113 cm³/mol.